The molecule has 0 saturated heterocycles. The summed E-state index contributed by atoms with van der Waals surface area (Å²) < 4.78 is 30.8. The molecule has 0 aromatic heterocycles. The van der Waals surface area contributed by atoms with Crippen LogP contribution in [0, 0.1) is 5.41 Å². The molecule has 0 aromatic carbocycles. The third kappa shape index (κ3) is 8.32. The minimum atomic E-state index is -4.14. The Labute approximate surface area is 122 Å². The number of amides is 1. The van der Waals surface area contributed by atoms with E-state index in [4.69, 9.17) is 4.55 Å². The van der Waals surface area contributed by atoms with E-state index in [1.165, 1.54) is 0 Å². The van der Waals surface area contributed by atoms with E-state index in [0.29, 0.717) is 12.0 Å². The van der Waals surface area contributed by atoms with Gasteiger partial charge in [0.1, 0.15) is 0 Å². The molecule has 0 bridgehead atoms. The minimum Gasteiger partial charge on any atom is -0.346 e. The van der Waals surface area contributed by atoms with Crippen molar-refractivity contribution in [1.82, 2.24) is 5.32 Å². The molecule has 0 aliphatic carbocycles. The Morgan fingerprint density at radius 2 is 1.55 bits per heavy atom. The SMILES string of the molecule is CC(C)=C(CC(C)(C)C)C(=O)NC(C)(C)CS(=O)(=O)O. The second-order valence-electron chi connectivity index (χ2n) is 7.28. The van der Waals surface area contributed by atoms with Crippen molar-refractivity contribution < 1.29 is 17.8 Å². The minimum absolute atomic E-state index is 0.0445. The Kier molecular flexibility index (Phi) is 5.99. The standard InChI is InChI=1S/C14H27NO4S/c1-10(2)11(8-13(3,4)5)12(16)15-14(6,7)9-20(17,18)19/h8-9H2,1-7H3,(H,15,16)(H,17,18,19). The van der Waals surface area contributed by atoms with E-state index < -0.39 is 21.4 Å². The highest BCUT2D eigenvalue weighted by Gasteiger charge is 2.29. The average Bonchev–Trinajstić information content (AvgIpc) is 2.06. The highest BCUT2D eigenvalue weighted by atomic mass is 32.2. The molecule has 0 aliphatic heterocycles. The molecule has 0 aromatic rings. The maximum absolute atomic E-state index is 12.3. The summed E-state index contributed by atoms with van der Waals surface area (Å²) in [6.07, 6.45) is 0.600. The first-order valence-electron chi connectivity index (χ1n) is 6.57. The number of nitrogens with one attached hydrogen (secondary N) is 1. The van der Waals surface area contributed by atoms with Crippen molar-refractivity contribution in [2.75, 3.05) is 5.75 Å². The van der Waals surface area contributed by atoms with E-state index in [9.17, 15) is 13.2 Å². The number of rotatable bonds is 5. The van der Waals surface area contributed by atoms with Gasteiger partial charge in [0.15, 0.2) is 0 Å². The maximum atomic E-state index is 12.3. The summed E-state index contributed by atoms with van der Waals surface area (Å²) in [4.78, 5) is 12.3. The van der Waals surface area contributed by atoms with Gasteiger partial charge in [0.05, 0.1) is 11.3 Å². The van der Waals surface area contributed by atoms with Crippen LogP contribution in [0.25, 0.3) is 0 Å². The van der Waals surface area contributed by atoms with Crippen LogP contribution in [0.15, 0.2) is 11.1 Å². The smallest absolute Gasteiger partial charge is 0.267 e. The Balaban J connectivity index is 5.11. The maximum Gasteiger partial charge on any atom is 0.267 e. The van der Waals surface area contributed by atoms with Gasteiger partial charge < -0.3 is 5.32 Å². The first kappa shape index (κ1) is 19.1. The van der Waals surface area contributed by atoms with Gasteiger partial charge in [-0.25, -0.2) is 0 Å². The van der Waals surface area contributed by atoms with Gasteiger partial charge in [-0.1, -0.05) is 26.3 Å². The number of carbonyl (C=O) groups excluding carboxylic acids is 1. The van der Waals surface area contributed by atoms with Crippen molar-refractivity contribution in [2.24, 2.45) is 5.41 Å². The third-order valence-electron chi connectivity index (χ3n) is 2.58. The molecular formula is C14H27NO4S. The van der Waals surface area contributed by atoms with Gasteiger partial charge >= 0.3 is 0 Å². The zero-order valence-electron chi connectivity index (χ0n) is 13.5. The fraction of sp³-hybridized carbons (Fsp3) is 0.786. The lowest BCUT2D eigenvalue weighted by molar-refractivity contribution is -0.119. The molecule has 0 heterocycles. The van der Waals surface area contributed by atoms with Gasteiger partial charge in [-0.2, -0.15) is 8.42 Å². The molecule has 0 unspecified atom stereocenters. The van der Waals surface area contributed by atoms with Gasteiger partial charge in [-0.05, 0) is 39.5 Å². The zero-order chi connectivity index (χ0) is 16.4. The average molecular weight is 305 g/mol. The van der Waals surface area contributed by atoms with Crippen molar-refractivity contribution in [3.8, 4) is 0 Å². The van der Waals surface area contributed by atoms with Crippen LogP contribution < -0.4 is 5.32 Å². The van der Waals surface area contributed by atoms with E-state index in [1.807, 2.05) is 34.6 Å². The molecule has 0 fully saturated rings. The fourth-order valence-electron chi connectivity index (χ4n) is 1.89. The molecule has 0 atom stereocenters. The van der Waals surface area contributed by atoms with Crippen LogP contribution in [0.1, 0.15) is 54.9 Å². The second kappa shape index (κ2) is 6.26. The molecule has 0 aliphatic rings. The van der Waals surface area contributed by atoms with E-state index in [1.54, 1.807) is 13.8 Å². The van der Waals surface area contributed by atoms with Crippen LogP contribution in [0.3, 0.4) is 0 Å². The van der Waals surface area contributed by atoms with E-state index in [0.717, 1.165) is 5.57 Å². The van der Waals surface area contributed by atoms with Crippen LogP contribution in [-0.2, 0) is 14.9 Å². The largest absolute Gasteiger partial charge is 0.346 e. The molecule has 6 heteroatoms. The summed E-state index contributed by atoms with van der Waals surface area (Å²) in [6, 6.07) is 0. The molecule has 5 nitrogen and oxygen atoms in total. The predicted molar refractivity (Wildman–Crippen MR) is 81.1 cm³/mol. The molecule has 118 valence electrons. The molecule has 0 spiro atoms. The lowest BCUT2D eigenvalue weighted by Crippen LogP contribution is -2.49. The Morgan fingerprint density at radius 3 is 1.85 bits per heavy atom. The third-order valence-corrected chi connectivity index (χ3v) is 3.67. The summed E-state index contributed by atoms with van der Waals surface area (Å²) in [5.74, 6) is -0.800. The monoisotopic (exact) mass is 305 g/mol. The van der Waals surface area contributed by atoms with Gasteiger partial charge in [-0.15, -0.1) is 0 Å². The Hall–Kier alpha value is -0.880. The molecule has 20 heavy (non-hydrogen) atoms. The molecule has 1 amide bonds. The highest BCUT2D eigenvalue weighted by molar-refractivity contribution is 7.85. The van der Waals surface area contributed by atoms with Gasteiger partial charge in [0.25, 0.3) is 10.1 Å². The highest BCUT2D eigenvalue weighted by Crippen LogP contribution is 2.26. The molecule has 2 N–H and O–H groups in total. The summed E-state index contributed by atoms with van der Waals surface area (Å²) in [6.45, 7) is 13.0. The van der Waals surface area contributed by atoms with Crippen molar-refractivity contribution in [2.45, 2.75) is 60.4 Å². The molecular weight excluding hydrogens is 278 g/mol. The van der Waals surface area contributed by atoms with Crippen LogP contribution >= 0.6 is 0 Å². The van der Waals surface area contributed by atoms with E-state index >= 15 is 0 Å². The normalized spacial score (nSPS) is 13.0. The number of hydrogen-bond donors (Lipinski definition) is 2. The summed E-state index contributed by atoms with van der Waals surface area (Å²) in [7, 11) is -4.14. The van der Waals surface area contributed by atoms with Crippen LogP contribution in [-0.4, -0.2) is 30.2 Å². The Bertz CT molecular complexity index is 492. The molecule has 0 rings (SSSR count). The van der Waals surface area contributed by atoms with Crippen molar-refractivity contribution in [1.29, 1.82) is 0 Å². The zero-order valence-corrected chi connectivity index (χ0v) is 14.3. The first-order chi connectivity index (χ1) is 8.63. The van der Waals surface area contributed by atoms with Crippen molar-refractivity contribution in [3.63, 3.8) is 0 Å². The van der Waals surface area contributed by atoms with Crippen molar-refractivity contribution >= 4 is 16.0 Å². The number of allylic oxidation sites excluding steroid dienone is 1. The first-order valence-corrected chi connectivity index (χ1v) is 8.18. The van der Waals surface area contributed by atoms with E-state index in [2.05, 4.69) is 5.32 Å². The molecule has 0 radical (unpaired) electrons. The summed E-state index contributed by atoms with van der Waals surface area (Å²) >= 11 is 0. The molecule has 0 saturated carbocycles. The van der Waals surface area contributed by atoms with Gasteiger partial charge in [0.2, 0.25) is 5.91 Å². The second-order valence-corrected chi connectivity index (χ2v) is 8.73. The number of hydrogen-bond acceptors (Lipinski definition) is 3. The summed E-state index contributed by atoms with van der Waals surface area (Å²) in [5.41, 5.74) is 0.487. The number of carbonyl (C=O) groups is 1. The summed E-state index contributed by atoms with van der Waals surface area (Å²) in [5, 5.41) is 2.68. The topological polar surface area (TPSA) is 83.5 Å². The Morgan fingerprint density at radius 1 is 1.10 bits per heavy atom. The van der Waals surface area contributed by atoms with E-state index in [-0.39, 0.29) is 11.3 Å². The van der Waals surface area contributed by atoms with Crippen LogP contribution in [0.4, 0.5) is 0 Å². The van der Waals surface area contributed by atoms with Crippen LogP contribution in [0.5, 0.6) is 0 Å². The lowest BCUT2D eigenvalue weighted by atomic mass is 9.85. The lowest BCUT2D eigenvalue weighted by Gasteiger charge is -2.28. The fourth-order valence-corrected chi connectivity index (χ4v) is 2.87. The quantitative estimate of drug-likeness (QED) is 0.604. The van der Waals surface area contributed by atoms with Gasteiger partial charge in [0, 0.05) is 5.57 Å². The van der Waals surface area contributed by atoms with Crippen molar-refractivity contribution in [3.05, 3.63) is 11.1 Å². The predicted octanol–water partition coefficient (Wildman–Crippen LogP) is 2.54. The van der Waals surface area contributed by atoms with Crippen LogP contribution in [0.2, 0.25) is 0 Å². The van der Waals surface area contributed by atoms with Gasteiger partial charge in [-0.3, -0.25) is 9.35 Å².